The maximum atomic E-state index is 11.6. The van der Waals surface area contributed by atoms with Gasteiger partial charge in [0.2, 0.25) is 0 Å². The Morgan fingerprint density at radius 1 is 0.372 bits per heavy atom. The number of aryl methyl sites for hydroxylation is 1. The first-order valence-corrected chi connectivity index (χ1v) is 23.7. The van der Waals surface area contributed by atoms with Crippen LogP contribution in [0.5, 0.6) is 0 Å². The molecule has 7 aromatic rings. The van der Waals surface area contributed by atoms with Crippen LogP contribution in [0.25, 0.3) is 59.8 Å². The molecule has 78 heavy (non-hydrogen) atoms. The van der Waals surface area contributed by atoms with Crippen LogP contribution in [-0.4, -0.2) is 44.3 Å². The Kier molecular flexibility index (Phi) is 15.9. The molecular formula is C65H41N5O8. The number of benzene rings is 7. The highest BCUT2D eigenvalue weighted by molar-refractivity contribution is 6.01. The monoisotopic (exact) mass is 1020 g/mol. The highest BCUT2D eigenvalue weighted by atomic mass is 16.4. The Balaban J connectivity index is 1.25. The van der Waals surface area contributed by atoms with E-state index in [-0.39, 0.29) is 0 Å². The third kappa shape index (κ3) is 12.2. The lowest BCUT2D eigenvalue weighted by atomic mass is 9.93. The summed E-state index contributed by atoms with van der Waals surface area (Å²) in [6.45, 7) is 2.02. The van der Waals surface area contributed by atoms with Crippen molar-refractivity contribution in [3.63, 3.8) is 0 Å². The van der Waals surface area contributed by atoms with Gasteiger partial charge in [-0.05, 0) is 158 Å². The van der Waals surface area contributed by atoms with Crippen molar-refractivity contribution >= 4 is 101 Å². The largest absolute Gasteiger partial charge is 0.477 e. The van der Waals surface area contributed by atoms with E-state index in [0.717, 1.165) is 78.3 Å². The molecule has 0 bridgehead atoms. The topological polar surface area (TPSA) is 248 Å². The molecule has 0 saturated carbocycles. The summed E-state index contributed by atoms with van der Waals surface area (Å²) in [5.74, 6) is -5.38. The summed E-state index contributed by atoms with van der Waals surface area (Å²) in [6, 6.07) is 55.5. The van der Waals surface area contributed by atoms with E-state index in [4.69, 9.17) is 0 Å². The normalized spacial score (nSPS) is 12.0. The summed E-state index contributed by atoms with van der Waals surface area (Å²) < 4.78 is 0. The zero-order chi connectivity index (χ0) is 55.5. The number of nitriles is 4. The van der Waals surface area contributed by atoms with Crippen molar-refractivity contribution in [2.24, 2.45) is 0 Å². The molecule has 1 aliphatic heterocycles. The number of anilines is 3. The van der Waals surface area contributed by atoms with Crippen LogP contribution >= 0.6 is 0 Å². The zero-order valence-corrected chi connectivity index (χ0v) is 41.3. The molecule has 4 N–H and O–H groups in total. The van der Waals surface area contributed by atoms with Crippen LogP contribution in [0.2, 0.25) is 0 Å². The molecule has 13 nitrogen and oxygen atoms in total. The number of fused-ring (bicyclic) bond motifs is 2. The molecule has 0 unspecified atom stereocenters. The first kappa shape index (κ1) is 52.7. The number of nitrogens with zero attached hydrogens (tertiary/aromatic N) is 5. The molecule has 0 amide bonds. The zero-order valence-electron chi connectivity index (χ0n) is 41.3. The van der Waals surface area contributed by atoms with Gasteiger partial charge in [0.15, 0.2) is 0 Å². The maximum Gasteiger partial charge on any atom is 0.346 e. The van der Waals surface area contributed by atoms with Crippen LogP contribution in [0.4, 0.5) is 17.1 Å². The van der Waals surface area contributed by atoms with Crippen LogP contribution in [0.1, 0.15) is 72.3 Å². The predicted octanol–water partition coefficient (Wildman–Crippen LogP) is 13.1. The predicted molar refractivity (Wildman–Crippen MR) is 299 cm³/mol. The van der Waals surface area contributed by atoms with Crippen LogP contribution in [-0.2, 0) is 19.2 Å². The molecule has 13 heteroatoms. The Morgan fingerprint density at radius 2 is 0.641 bits per heavy atom. The fourth-order valence-electron chi connectivity index (χ4n) is 8.55. The number of rotatable bonds is 15. The lowest BCUT2D eigenvalue weighted by Gasteiger charge is -2.28. The summed E-state index contributed by atoms with van der Waals surface area (Å²) in [5.41, 5.74) is 12.0. The minimum atomic E-state index is -1.34. The van der Waals surface area contributed by atoms with Gasteiger partial charge in [-0.15, -0.1) is 0 Å². The molecule has 0 saturated heterocycles. The van der Waals surface area contributed by atoms with E-state index in [0.29, 0.717) is 22.3 Å². The molecule has 0 spiro atoms. The van der Waals surface area contributed by atoms with Gasteiger partial charge in [-0.25, -0.2) is 19.2 Å². The van der Waals surface area contributed by atoms with Crippen molar-refractivity contribution in [3.8, 4) is 24.3 Å². The van der Waals surface area contributed by atoms with Crippen molar-refractivity contribution < 1.29 is 39.6 Å². The summed E-state index contributed by atoms with van der Waals surface area (Å²) in [5, 5.41) is 75.4. The van der Waals surface area contributed by atoms with Gasteiger partial charge in [-0.3, -0.25) is 0 Å². The first-order valence-electron chi connectivity index (χ1n) is 23.7. The van der Waals surface area contributed by atoms with Crippen molar-refractivity contribution in [1.29, 1.82) is 21.0 Å². The molecule has 1 heterocycles. The summed E-state index contributed by atoms with van der Waals surface area (Å²) in [6.07, 6.45) is 13.2. The quantitative estimate of drug-likeness (QED) is 0.0424. The minimum absolute atomic E-state index is 0.417. The maximum absolute atomic E-state index is 11.6. The molecular weight excluding hydrogens is 979 g/mol. The smallest absolute Gasteiger partial charge is 0.346 e. The number of carboxylic acids is 4. The van der Waals surface area contributed by atoms with Gasteiger partial charge in [-0.2, -0.15) is 21.0 Å². The van der Waals surface area contributed by atoms with E-state index < -0.39 is 46.2 Å². The van der Waals surface area contributed by atoms with Gasteiger partial charge in [0.1, 0.15) is 46.6 Å². The van der Waals surface area contributed by atoms with E-state index in [2.05, 4.69) is 29.2 Å². The molecule has 8 rings (SSSR count). The van der Waals surface area contributed by atoms with Crippen molar-refractivity contribution in [1.82, 2.24) is 0 Å². The average Bonchev–Trinajstić information content (AvgIpc) is 3.68. The number of carboxylic acid groups (broad SMARTS) is 4. The fourth-order valence-corrected chi connectivity index (χ4v) is 8.55. The number of aliphatic carboxylic acids is 4. The van der Waals surface area contributed by atoms with Crippen LogP contribution in [0.3, 0.4) is 0 Å². The third-order valence-electron chi connectivity index (χ3n) is 12.5. The standard InChI is InChI=1S/C65H41N5O8/c1-40-2-24-57(25-3-40)70-60-26-12-45(34-58(47-14-4-41(5-15-47)28-53(36-66)62(71)72)48-16-6-42(7-17-48)29-54(37-67)63(73)74)32-51(60)22-23-52-33-46(13-27-61(52)70)35-59(49-18-8-43(9-19-49)30-55(38-68)64(75)76)50-20-10-44(11-21-50)31-56(39-69)65(77)78/h2-35H,1H3,(H,71,72)(H,73,74)(H,75,76)(H,77,78)/b53-28+,54-29+,55-30+,56-31+. The molecule has 1 aliphatic rings. The first-order chi connectivity index (χ1) is 37.6. The van der Waals surface area contributed by atoms with Crippen LogP contribution in [0.15, 0.2) is 180 Å². The van der Waals surface area contributed by atoms with Crippen molar-refractivity contribution in [2.75, 3.05) is 4.90 Å². The van der Waals surface area contributed by atoms with E-state index >= 15 is 0 Å². The van der Waals surface area contributed by atoms with Gasteiger partial charge >= 0.3 is 23.9 Å². The Labute approximate surface area is 447 Å². The summed E-state index contributed by atoms with van der Waals surface area (Å²) in [7, 11) is 0. The van der Waals surface area contributed by atoms with E-state index in [1.165, 1.54) is 24.3 Å². The van der Waals surface area contributed by atoms with Crippen LogP contribution in [0, 0.1) is 52.2 Å². The van der Waals surface area contributed by atoms with Crippen molar-refractivity contribution in [3.05, 3.63) is 252 Å². The molecule has 7 aromatic carbocycles. The van der Waals surface area contributed by atoms with Gasteiger partial charge in [-0.1, -0.05) is 139 Å². The summed E-state index contributed by atoms with van der Waals surface area (Å²) in [4.78, 5) is 48.6. The molecule has 0 aliphatic carbocycles. The van der Waals surface area contributed by atoms with E-state index in [1.54, 1.807) is 72.8 Å². The summed E-state index contributed by atoms with van der Waals surface area (Å²) >= 11 is 0. The number of hydrogen-bond donors (Lipinski definition) is 4. The lowest BCUT2D eigenvalue weighted by Crippen LogP contribution is -2.12. The Bertz CT molecular complexity index is 3570. The second-order valence-corrected chi connectivity index (χ2v) is 17.6. The van der Waals surface area contributed by atoms with Crippen LogP contribution < -0.4 is 4.90 Å². The highest BCUT2D eigenvalue weighted by Gasteiger charge is 2.22. The third-order valence-corrected chi connectivity index (χ3v) is 12.5. The lowest BCUT2D eigenvalue weighted by molar-refractivity contribution is -0.133. The second-order valence-electron chi connectivity index (χ2n) is 17.6. The Hall–Kier alpha value is -11.6. The van der Waals surface area contributed by atoms with E-state index in [1.807, 2.05) is 116 Å². The average molecular weight is 1020 g/mol. The SMILES string of the molecule is Cc1ccc(N2c3ccc(C=C(c4ccc(/C=C(\C#N)C(=O)O)cc4)c4ccc(/C=C(\C#N)C(=O)O)cc4)cc3C=Cc3cc(C=C(c4ccc(/C=C(\C#N)C(=O)O)cc4)c4ccc(/C=C(\C#N)C(=O)O)cc4)ccc32)cc1. The van der Waals surface area contributed by atoms with Gasteiger partial charge < -0.3 is 25.3 Å². The molecule has 0 atom stereocenters. The second kappa shape index (κ2) is 23.5. The van der Waals surface area contributed by atoms with Crippen molar-refractivity contribution in [2.45, 2.75) is 6.92 Å². The van der Waals surface area contributed by atoms with Gasteiger partial charge in [0, 0.05) is 5.69 Å². The minimum Gasteiger partial charge on any atom is -0.477 e. The fraction of sp³-hybridized carbons (Fsp3) is 0.0154. The number of hydrogen-bond acceptors (Lipinski definition) is 9. The van der Waals surface area contributed by atoms with Gasteiger partial charge in [0.05, 0.1) is 11.4 Å². The molecule has 0 aromatic heterocycles. The highest BCUT2D eigenvalue weighted by Crippen LogP contribution is 2.44. The molecule has 374 valence electrons. The number of carbonyl (C=O) groups is 4. The van der Waals surface area contributed by atoms with Gasteiger partial charge in [0.25, 0.3) is 0 Å². The molecule has 0 fully saturated rings. The van der Waals surface area contributed by atoms with E-state index in [9.17, 15) is 60.7 Å². The molecule has 0 radical (unpaired) electrons. The Morgan fingerprint density at radius 3 is 0.897 bits per heavy atom.